The number of para-hydroxylation sites is 1. The zero-order valence-electron chi connectivity index (χ0n) is 16.2. The first-order valence-electron chi connectivity index (χ1n) is 10.2. The van der Waals surface area contributed by atoms with Gasteiger partial charge in [-0.25, -0.2) is 0 Å². The fraction of sp³-hybridized carbons (Fsp3) is 0.391. The van der Waals surface area contributed by atoms with Gasteiger partial charge in [0.1, 0.15) is 6.42 Å². The number of carbonyl (C=O) groups excluding carboxylic acids is 2. The number of hydrogen-bond acceptors (Lipinski definition) is 3. The topological polar surface area (TPSA) is 52.7 Å². The Hall–Kier alpha value is -2.82. The van der Waals surface area contributed by atoms with Crippen LogP contribution in [0.25, 0.3) is 0 Å². The van der Waals surface area contributed by atoms with Gasteiger partial charge in [-0.1, -0.05) is 18.2 Å². The number of aryl methyl sites for hydroxylation is 1. The molecule has 0 unspecified atom stereocenters. The molecule has 0 aliphatic carbocycles. The minimum Gasteiger partial charge on any atom is -0.372 e. The maximum atomic E-state index is 12.7. The molecule has 2 amide bonds. The van der Waals surface area contributed by atoms with Gasteiger partial charge in [0.25, 0.3) is 0 Å². The molecular formula is C23H27N3O2. The van der Waals surface area contributed by atoms with Gasteiger partial charge in [0.2, 0.25) is 11.8 Å². The number of piperidine rings is 1. The molecule has 0 bridgehead atoms. The van der Waals surface area contributed by atoms with Gasteiger partial charge in [0.05, 0.1) is 0 Å². The zero-order valence-corrected chi connectivity index (χ0v) is 16.2. The van der Waals surface area contributed by atoms with Crippen LogP contribution in [0.3, 0.4) is 0 Å². The molecular weight excluding hydrogens is 350 g/mol. The molecule has 4 rings (SSSR count). The van der Waals surface area contributed by atoms with E-state index in [0.29, 0.717) is 6.54 Å². The molecule has 146 valence electrons. The molecule has 0 radical (unpaired) electrons. The third kappa shape index (κ3) is 4.19. The van der Waals surface area contributed by atoms with Crippen molar-refractivity contribution in [2.75, 3.05) is 34.8 Å². The van der Waals surface area contributed by atoms with Crippen LogP contribution < -0.4 is 15.1 Å². The largest absolute Gasteiger partial charge is 0.372 e. The van der Waals surface area contributed by atoms with E-state index in [4.69, 9.17) is 0 Å². The van der Waals surface area contributed by atoms with Gasteiger partial charge in [-0.3, -0.25) is 9.59 Å². The van der Waals surface area contributed by atoms with Crippen molar-refractivity contribution < 1.29 is 9.59 Å². The van der Waals surface area contributed by atoms with Gasteiger partial charge >= 0.3 is 0 Å². The Morgan fingerprint density at radius 3 is 2.39 bits per heavy atom. The Balaban J connectivity index is 1.35. The van der Waals surface area contributed by atoms with Gasteiger partial charge < -0.3 is 15.1 Å². The van der Waals surface area contributed by atoms with E-state index in [1.54, 1.807) is 4.90 Å². The standard InChI is InChI=1S/C23H27N3O2/c27-22(17-23(28)26-16-6-8-18-7-2-3-9-21(18)26)24-19-10-12-20(13-11-19)25-14-4-1-5-15-25/h2-3,7,9-13H,1,4-6,8,14-17H2,(H,24,27). The zero-order chi connectivity index (χ0) is 19.3. The van der Waals surface area contributed by atoms with E-state index >= 15 is 0 Å². The van der Waals surface area contributed by atoms with E-state index < -0.39 is 0 Å². The number of amides is 2. The average molecular weight is 377 g/mol. The Labute approximate surface area is 166 Å². The summed E-state index contributed by atoms with van der Waals surface area (Å²) in [6.07, 6.45) is 5.56. The first-order valence-corrected chi connectivity index (χ1v) is 10.2. The molecule has 0 spiro atoms. The van der Waals surface area contributed by atoms with E-state index in [-0.39, 0.29) is 18.2 Å². The highest BCUT2D eigenvalue weighted by Gasteiger charge is 2.23. The molecule has 28 heavy (non-hydrogen) atoms. The summed E-state index contributed by atoms with van der Waals surface area (Å²) >= 11 is 0. The van der Waals surface area contributed by atoms with Crippen LogP contribution in [0.2, 0.25) is 0 Å². The van der Waals surface area contributed by atoms with Crippen molar-refractivity contribution in [2.24, 2.45) is 0 Å². The van der Waals surface area contributed by atoms with Crippen molar-refractivity contribution in [1.82, 2.24) is 0 Å². The first kappa shape index (κ1) is 18.5. The molecule has 5 nitrogen and oxygen atoms in total. The summed E-state index contributed by atoms with van der Waals surface area (Å²) in [7, 11) is 0. The number of anilines is 3. The lowest BCUT2D eigenvalue weighted by Crippen LogP contribution is -2.37. The fourth-order valence-electron chi connectivity index (χ4n) is 4.14. The molecule has 1 N–H and O–H groups in total. The lowest BCUT2D eigenvalue weighted by Gasteiger charge is -2.29. The molecule has 1 fully saturated rings. The van der Waals surface area contributed by atoms with Crippen LogP contribution in [0.15, 0.2) is 48.5 Å². The SMILES string of the molecule is O=C(CC(=O)N1CCCc2ccccc21)Nc1ccc(N2CCCCC2)cc1. The molecule has 0 atom stereocenters. The van der Waals surface area contributed by atoms with E-state index in [2.05, 4.69) is 16.3 Å². The van der Waals surface area contributed by atoms with E-state index in [1.165, 1.54) is 30.5 Å². The summed E-state index contributed by atoms with van der Waals surface area (Å²) in [5.74, 6) is -0.409. The highest BCUT2D eigenvalue weighted by atomic mass is 16.2. The molecule has 0 saturated carbocycles. The highest BCUT2D eigenvalue weighted by Crippen LogP contribution is 2.27. The molecule has 2 aromatic carbocycles. The quantitative estimate of drug-likeness (QED) is 0.820. The van der Waals surface area contributed by atoms with Crippen LogP contribution in [0.1, 0.15) is 37.7 Å². The smallest absolute Gasteiger partial charge is 0.236 e. The first-order chi connectivity index (χ1) is 13.7. The van der Waals surface area contributed by atoms with Gasteiger partial charge in [-0.05, 0) is 68.0 Å². The summed E-state index contributed by atoms with van der Waals surface area (Å²) in [4.78, 5) is 29.2. The van der Waals surface area contributed by atoms with Crippen molar-refractivity contribution in [3.63, 3.8) is 0 Å². The maximum Gasteiger partial charge on any atom is 0.236 e. The van der Waals surface area contributed by atoms with E-state index in [9.17, 15) is 9.59 Å². The lowest BCUT2D eigenvalue weighted by atomic mass is 10.0. The summed E-state index contributed by atoms with van der Waals surface area (Å²) < 4.78 is 0. The van der Waals surface area contributed by atoms with E-state index in [1.807, 2.05) is 42.5 Å². The molecule has 2 aliphatic heterocycles. The summed E-state index contributed by atoms with van der Waals surface area (Å²) in [5, 5.41) is 2.86. The van der Waals surface area contributed by atoms with Crippen LogP contribution in [0.5, 0.6) is 0 Å². The number of nitrogens with one attached hydrogen (secondary N) is 1. The number of hydrogen-bond donors (Lipinski definition) is 1. The lowest BCUT2D eigenvalue weighted by molar-refractivity contribution is -0.125. The molecule has 0 aromatic heterocycles. The predicted molar refractivity (Wildman–Crippen MR) is 113 cm³/mol. The van der Waals surface area contributed by atoms with Crippen molar-refractivity contribution in [3.05, 3.63) is 54.1 Å². The van der Waals surface area contributed by atoms with Crippen LogP contribution in [-0.4, -0.2) is 31.4 Å². The Morgan fingerprint density at radius 1 is 0.857 bits per heavy atom. The van der Waals surface area contributed by atoms with Crippen molar-refractivity contribution in [3.8, 4) is 0 Å². The third-order valence-corrected chi connectivity index (χ3v) is 5.60. The van der Waals surface area contributed by atoms with Gasteiger partial charge in [-0.2, -0.15) is 0 Å². The van der Waals surface area contributed by atoms with E-state index in [0.717, 1.165) is 37.3 Å². The Bertz CT molecular complexity index is 841. The Kier molecular flexibility index (Phi) is 5.60. The van der Waals surface area contributed by atoms with Crippen LogP contribution >= 0.6 is 0 Å². The molecule has 2 aliphatic rings. The number of benzene rings is 2. The second kappa shape index (κ2) is 8.46. The summed E-state index contributed by atoms with van der Waals surface area (Å²) in [6.45, 7) is 2.86. The number of rotatable bonds is 4. The minimum absolute atomic E-state index is 0.137. The van der Waals surface area contributed by atoms with Gasteiger partial charge in [0.15, 0.2) is 0 Å². The second-order valence-electron chi connectivity index (χ2n) is 7.60. The van der Waals surface area contributed by atoms with Crippen LogP contribution in [-0.2, 0) is 16.0 Å². The molecule has 1 saturated heterocycles. The van der Waals surface area contributed by atoms with Gasteiger partial charge in [-0.15, -0.1) is 0 Å². The number of nitrogens with zero attached hydrogens (tertiary/aromatic N) is 2. The maximum absolute atomic E-state index is 12.7. The Morgan fingerprint density at radius 2 is 1.61 bits per heavy atom. The molecule has 5 heteroatoms. The monoisotopic (exact) mass is 377 g/mol. The third-order valence-electron chi connectivity index (χ3n) is 5.60. The van der Waals surface area contributed by atoms with Crippen LogP contribution in [0.4, 0.5) is 17.1 Å². The normalized spacial score (nSPS) is 16.4. The number of carbonyl (C=O) groups is 2. The van der Waals surface area contributed by atoms with Crippen molar-refractivity contribution >= 4 is 28.9 Å². The molecule has 2 heterocycles. The summed E-state index contributed by atoms with van der Waals surface area (Å²) in [5.41, 5.74) is 4.05. The second-order valence-corrected chi connectivity index (χ2v) is 7.60. The highest BCUT2D eigenvalue weighted by molar-refractivity contribution is 6.09. The van der Waals surface area contributed by atoms with Crippen molar-refractivity contribution in [1.29, 1.82) is 0 Å². The number of fused-ring (bicyclic) bond motifs is 1. The van der Waals surface area contributed by atoms with Crippen LogP contribution in [0, 0.1) is 0 Å². The average Bonchev–Trinajstić information content (AvgIpc) is 2.74. The fourth-order valence-corrected chi connectivity index (χ4v) is 4.14. The van der Waals surface area contributed by atoms with Crippen molar-refractivity contribution in [2.45, 2.75) is 38.5 Å². The predicted octanol–water partition coefficient (Wildman–Crippen LogP) is 3.98. The summed E-state index contributed by atoms with van der Waals surface area (Å²) in [6, 6.07) is 15.9. The minimum atomic E-state index is -0.265. The van der Waals surface area contributed by atoms with Gasteiger partial charge in [0, 0.05) is 36.7 Å². The molecule has 2 aromatic rings.